The van der Waals surface area contributed by atoms with Crippen LogP contribution in [0.5, 0.6) is 0 Å². The number of carbonyl (C=O) groups is 1. The van der Waals surface area contributed by atoms with E-state index in [9.17, 15) is 4.79 Å². The lowest BCUT2D eigenvalue weighted by Crippen LogP contribution is -2.24. The van der Waals surface area contributed by atoms with E-state index in [0.29, 0.717) is 13.0 Å². The number of hydrogen-bond donors (Lipinski definition) is 2. The van der Waals surface area contributed by atoms with E-state index in [1.165, 1.54) is 0 Å². The van der Waals surface area contributed by atoms with Gasteiger partial charge in [-0.2, -0.15) is 0 Å². The van der Waals surface area contributed by atoms with Gasteiger partial charge in [0.15, 0.2) is 6.10 Å². The minimum absolute atomic E-state index is 0.0419. The van der Waals surface area contributed by atoms with Crippen LogP contribution in [0.4, 0.5) is 0 Å². The predicted octanol–water partition coefficient (Wildman–Crippen LogP) is 0.612. The summed E-state index contributed by atoms with van der Waals surface area (Å²) in [5.41, 5.74) is 5.96. The van der Waals surface area contributed by atoms with Crippen LogP contribution in [0.1, 0.15) is 18.1 Å². The van der Waals surface area contributed by atoms with Crippen LogP contribution in [0.3, 0.4) is 0 Å². The van der Waals surface area contributed by atoms with Crippen molar-refractivity contribution < 1.29 is 14.6 Å². The SMILES string of the molecule is NC(=O)C(OCCCO)c1ccccc1. The number of primary amides is 1. The van der Waals surface area contributed by atoms with E-state index < -0.39 is 12.0 Å². The summed E-state index contributed by atoms with van der Waals surface area (Å²) >= 11 is 0. The van der Waals surface area contributed by atoms with Crippen molar-refractivity contribution in [2.45, 2.75) is 12.5 Å². The van der Waals surface area contributed by atoms with Crippen molar-refractivity contribution >= 4 is 5.91 Å². The molecule has 1 unspecified atom stereocenters. The van der Waals surface area contributed by atoms with Gasteiger partial charge in [0.05, 0.1) is 6.61 Å². The number of hydrogen-bond acceptors (Lipinski definition) is 3. The monoisotopic (exact) mass is 209 g/mol. The van der Waals surface area contributed by atoms with E-state index in [2.05, 4.69) is 0 Å². The summed E-state index contributed by atoms with van der Waals surface area (Å²) in [7, 11) is 0. The molecule has 1 rings (SSSR count). The van der Waals surface area contributed by atoms with Gasteiger partial charge in [0, 0.05) is 6.61 Å². The molecule has 1 atom stereocenters. The van der Waals surface area contributed by atoms with Crippen LogP contribution < -0.4 is 5.73 Å². The molecule has 0 saturated heterocycles. The first kappa shape index (κ1) is 11.7. The molecule has 3 N–H and O–H groups in total. The van der Waals surface area contributed by atoms with E-state index in [0.717, 1.165) is 5.56 Å². The van der Waals surface area contributed by atoms with Gasteiger partial charge in [0.1, 0.15) is 0 Å². The maximum Gasteiger partial charge on any atom is 0.251 e. The van der Waals surface area contributed by atoms with Crippen LogP contribution in [0.2, 0.25) is 0 Å². The van der Waals surface area contributed by atoms with Gasteiger partial charge < -0.3 is 15.6 Å². The molecule has 0 aliphatic heterocycles. The van der Waals surface area contributed by atoms with Crippen molar-refractivity contribution in [3.05, 3.63) is 35.9 Å². The van der Waals surface area contributed by atoms with Crippen LogP contribution in [0, 0.1) is 0 Å². The molecule has 0 bridgehead atoms. The maximum absolute atomic E-state index is 11.1. The number of aliphatic hydroxyl groups is 1. The van der Waals surface area contributed by atoms with Gasteiger partial charge in [-0.15, -0.1) is 0 Å². The lowest BCUT2D eigenvalue weighted by atomic mass is 10.1. The number of nitrogens with two attached hydrogens (primary N) is 1. The zero-order chi connectivity index (χ0) is 11.1. The summed E-state index contributed by atoms with van der Waals surface area (Å²) in [5, 5.41) is 8.59. The number of ether oxygens (including phenoxy) is 1. The second-order valence-electron chi connectivity index (χ2n) is 3.14. The van der Waals surface area contributed by atoms with Gasteiger partial charge >= 0.3 is 0 Å². The molecule has 0 spiro atoms. The summed E-state index contributed by atoms with van der Waals surface area (Å²) in [6.45, 7) is 0.360. The average molecular weight is 209 g/mol. The Morgan fingerprint density at radius 1 is 1.40 bits per heavy atom. The second kappa shape index (κ2) is 6.16. The molecule has 0 radical (unpaired) electrons. The number of aliphatic hydroxyl groups excluding tert-OH is 1. The Balaban J connectivity index is 2.62. The van der Waals surface area contributed by atoms with E-state index >= 15 is 0 Å². The summed E-state index contributed by atoms with van der Waals surface area (Å²) in [6, 6.07) is 9.07. The van der Waals surface area contributed by atoms with Gasteiger partial charge in [-0.3, -0.25) is 4.79 Å². The Morgan fingerprint density at radius 3 is 2.60 bits per heavy atom. The smallest absolute Gasteiger partial charge is 0.251 e. The van der Waals surface area contributed by atoms with E-state index in [1.54, 1.807) is 12.1 Å². The van der Waals surface area contributed by atoms with Gasteiger partial charge in [-0.05, 0) is 12.0 Å². The average Bonchev–Trinajstić information content (AvgIpc) is 2.25. The topological polar surface area (TPSA) is 72.6 Å². The van der Waals surface area contributed by atoms with Crippen LogP contribution in [-0.2, 0) is 9.53 Å². The van der Waals surface area contributed by atoms with Crippen molar-refractivity contribution in [1.82, 2.24) is 0 Å². The molecule has 1 aromatic rings. The zero-order valence-electron chi connectivity index (χ0n) is 8.43. The van der Waals surface area contributed by atoms with Gasteiger partial charge in [-0.1, -0.05) is 30.3 Å². The Labute approximate surface area is 88.7 Å². The molecule has 82 valence electrons. The van der Waals surface area contributed by atoms with Crippen molar-refractivity contribution in [3.63, 3.8) is 0 Å². The van der Waals surface area contributed by atoms with Crippen molar-refractivity contribution in [3.8, 4) is 0 Å². The normalized spacial score (nSPS) is 12.3. The fourth-order valence-corrected chi connectivity index (χ4v) is 1.24. The molecule has 1 amide bonds. The summed E-state index contributed by atoms with van der Waals surface area (Å²) < 4.78 is 5.30. The highest BCUT2D eigenvalue weighted by molar-refractivity contribution is 5.80. The highest BCUT2D eigenvalue weighted by atomic mass is 16.5. The van der Waals surface area contributed by atoms with Crippen LogP contribution in [-0.4, -0.2) is 24.2 Å². The lowest BCUT2D eigenvalue weighted by Gasteiger charge is -2.14. The molecule has 0 aliphatic carbocycles. The largest absolute Gasteiger partial charge is 0.396 e. The molecule has 0 aromatic heterocycles. The fraction of sp³-hybridized carbons (Fsp3) is 0.364. The molecule has 4 heteroatoms. The Bertz CT molecular complexity index is 300. The van der Waals surface area contributed by atoms with Crippen molar-refractivity contribution in [2.24, 2.45) is 5.73 Å². The number of amides is 1. The zero-order valence-corrected chi connectivity index (χ0v) is 8.43. The molecule has 0 saturated carbocycles. The van der Waals surface area contributed by atoms with E-state index in [4.69, 9.17) is 15.6 Å². The summed E-state index contributed by atoms with van der Waals surface area (Å²) in [5.74, 6) is -0.515. The third-order valence-corrected chi connectivity index (χ3v) is 1.95. The summed E-state index contributed by atoms with van der Waals surface area (Å²) in [6.07, 6.45) is -0.228. The molecule has 1 aromatic carbocycles. The first-order chi connectivity index (χ1) is 7.25. The van der Waals surface area contributed by atoms with Gasteiger partial charge in [0.25, 0.3) is 5.91 Å². The highest BCUT2D eigenvalue weighted by Gasteiger charge is 2.17. The minimum Gasteiger partial charge on any atom is -0.396 e. The van der Waals surface area contributed by atoms with Gasteiger partial charge in [-0.25, -0.2) is 0 Å². The number of rotatable bonds is 6. The van der Waals surface area contributed by atoms with Crippen LogP contribution in [0.15, 0.2) is 30.3 Å². The fourth-order valence-electron chi connectivity index (χ4n) is 1.24. The molecule has 15 heavy (non-hydrogen) atoms. The predicted molar refractivity (Wildman–Crippen MR) is 56.0 cm³/mol. The number of carbonyl (C=O) groups excluding carboxylic acids is 1. The van der Waals surface area contributed by atoms with Crippen LogP contribution in [0.25, 0.3) is 0 Å². The van der Waals surface area contributed by atoms with Crippen molar-refractivity contribution in [2.75, 3.05) is 13.2 Å². The molecule has 4 nitrogen and oxygen atoms in total. The second-order valence-corrected chi connectivity index (χ2v) is 3.14. The van der Waals surface area contributed by atoms with E-state index in [-0.39, 0.29) is 6.61 Å². The minimum atomic E-state index is -0.724. The summed E-state index contributed by atoms with van der Waals surface area (Å²) in [4.78, 5) is 11.1. The standard InChI is InChI=1S/C11H15NO3/c12-11(14)10(15-8-4-7-13)9-5-2-1-3-6-9/h1-3,5-6,10,13H,4,7-8H2,(H2,12,14). The molecular formula is C11H15NO3. The quantitative estimate of drug-likeness (QED) is 0.674. The third-order valence-electron chi connectivity index (χ3n) is 1.95. The molecule has 0 heterocycles. The van der Waals surface area contributed by atoms with E-state index in [1.807, 2.05) is 18.2 Å². The van der Waals surface area contributed by atoms with Crippen LogP contribution >= 0.6 is 0 Å². The molecule has 0 aliphatic rings. The maximum atomic E-state index is 11.1. The Hall–Kier alpha value is -1.39. The Kier molecular flexibility index (Phi) is 4.80. The molecule has 0 fully saturated rings. The lowest BCUT2D eigenvalue weighted by molar-refractivity contribution is -0.130. The Morgan fingerprint density at radius 2 is 2.07 bits per heavy atom. The number of benzene rings is 1. The third kappa shape index (κ3) is 3.69. The highest BCUT2D eigenvalue weighted by Crippen LogP contribution is 2.16. The van der Waals surface area contributed by atoms with Gasteiger partial charge in [0.2, 0.25) is 0 Å². The first-order valence-corrected chi connectivity index (χ1v) is 4.82. The first-order valence-electron chi connectivity index (χ1n) is 4.82. The van der Waals surface area contributed by atoms with Crippen molar-refractivity contribution in [1.29, 1.82) is 0 Å². The molecular weight excluding hydrogens is 194 g/mol.